The molecule has 0 spiro atoms. The Morgan fingerprint density at radius 2 is 1.24 bits per heavy atom. The van der Waals surface area contributed by atoms with Crippen molar-refractivity contribution >= 4 is 12.4 Å². The van der Waals surface area contributed by atoms with Crippen molar-refractivity contribution in [3.63, 3.8) is 0 Å². The minimum absolute atomic E-state index is 0. The van der Waals surface area contributed by atoms with E-state index in [1.807, 2.05) is 0 Å². The van der Waals surface area contributed by atoms with Gasteiger partial charge in [-0.15, -0.1) is 12.4 Å². The highest BCUT2D eigenvalue weighted by molar-refractivity contribution is 5.85. The molecule has 1 saturated heterocycles. The predicted molar refractivity (Wildman–Crippen MR) is 90.9 cm³/mol. The summed E-state index contributed by atoms with van der Waals surface area (Å²) < 4.78 is 0. The first-order valence-electron chi connectivity index (χ1n) is 9.28. The van der Waals surface area contributed by atoms with Crippen molar-refractivity contribution in [1.82, 2.24) is 5.32 Å². The molecule has 2 unspecified atom stereocenters. The van der Waals surface area contributed by atoms with Crippen molar-refractivity contribution in [2.24, 2.45) is 17.8 Å². The van der Waals surface area contributed by atoms with E-state index >= 15 is 0 Å². The number of hydrogen-bond donors (Lipinski definition) is 2. The zero-order valence-electron chi connectivity index (χ0n) is 13.4. The van der Waals surface area contributed by atoms with Crippen molar-refractivity contribution < 1.29 is 5.11 Å². The molecule has 3 fully saturated rings. The Hall–Kier alpha value is 0.210. The standard InChI is InChI=1S/C18H33NO.ClH/c20-16-12-7-13-19-18(16)17(14-8-3-1-4-9-14)15-10-5-2-6-11-15;/h14-20H,1-13H2;1H. The van der Waals surface area contributed by atoms with Crippen LogP contribution < -0.4 is 5.32 Å². The third-order valence-corrected chi connectivity index (χ3v) is 6.27. The first-order valence-corrected chi connectivity index (χ1v) is 9.28. The summed E-state index contributed by atoms with van der Waals surface area (Å²) >= 11 is 0. The van der Waals surface area contributed by atoms with Gasteiger partial charge in [-0.1, -0.05) is 64.2 Å². The van der Waals surface area contributed by atoms with Gasteiger partial charge in [0.25, 0.3) is 0 Å². The molecule has 0 bridgehead atoms. The molecule has 0 aromatic carbocycles. The van der Waals surface area contributed by atoms with Crippen LogP contribution in [0.1, 0.15) is 77.0 Å². The van der Waals surface area contributed by atoms with Gasteiger partial charge in [0.1, 0.15) is 0 Å². The van der Waals surface area contributed by atoms with Gasteiger partial charge in [-0.25, -0.2) is 0 Å². The molecule has 124 valence electrons. The van der Waals surface area contributed by atoms with Crippen LogP contribution in [0.25, 0.3) is 0 Å². The number of aliphatic hydroxyl groups excluding tert-OH is 1. The van der Waals surface area contributed by atoms with Crippen molar-refractivity contribution in [2.45, 2.75) is 89.2 Å². The Morgan fingerprint density at radius 1 is 0.714 bits per heavy atom. The van der Waals surface area contributed by atoms with Crippen LogP contribution >= 0.6 is 12.4 Å². The summed E-state index contributed by atoms with van der Waals surface area (Å²) in [6.45, 7) is 1.12. The summed E-state index contributed by atoms with van der Waals surface area (Å²) in [7, 11) is 0. The molecule has 2 nitrogen and oxygen atoms in total. The van der Waals surface area contributed by atoms with E-state index in [4.69, 9.17) is 0 Å². The van der Waals surface area contributed by atoms with Crippen LogP contribution in [0.2, 0.25) is 0 Å². The van der Waals surface area contributed by atoms with Crippen molar-refractivity contribution in [2.75, 3.05) is 6.54 Å². The van der Waals surface area contributed by atoms with E-state index in [-0.39, 0.29) is 18.5 Å². The molecule has 0 radical (unpaired) electrons. The van der Waals surface area contributed by atoms with Crippen LogP contribution in [0, 0.1) is 17.8 Å². The van der Waals surface area contributed by atoms with Gasteiger partial charge in [0.05, 0.1) is 6.10 Å². The van der Waals surface area contributed by atoms with E-state index in [1.54, 1.807) is 0 Å². The fourth-order valence-corrected chi connectivity index (χ4v) is 5.30. The minimum Gasteiger partial charge on any atom is -0.391 e. The van der Waals surface area contributed by atoms with Crippen LogP contribution in [-0.4, -0.2) is 23.8 Å². The lowest BCUT2D eigenvalue weighted by Crippen LogP contribution is -2.54. The number of aliphatic hydroxyl groups is 1. The van der Waals surface area contributed by atoms with Gasteiger partial charge in [-0.05, 0) is 37.1 Å². The quantitative estimate of drug-likeness (QED) is 0.814. The van der Waals surface area contributed by atoms with Crippen LogP contribution in [0.15, 0.2) is 0 Å². The van der Waals surface area contributed by atoms with Gasteiger partial charge in [-0.2, -0.15) is 0 Å². The third kappa shape index (κ3) is 4.36. The van der Waals surface area contributed by atoms with Crippen LogP contribution in [0.4, 0.5) is 0 Å². The van der Waals surface area contributed by atoms with Crippen LogP contribution in [0.3, 0.4) is 0 Å². The summed E-state index contributed by atoms with van der Waals surface area (Å²) in [4.78, 5) is 0. The monoisotopic (exact) mass is 315 g/mol. The van der Waals surface area contributed by atoms with Gasteiger partial charge in [0, 0.05) is 6.04 Å². The van der Waals surface area contributed by atoms with E-state index in [0.29, 0.717) is 6.04 Å². The molecular weight excluding hydrogens is 282 g/mol. The number of piperidine rings is 1. The summed E-state index contributed by atoms with van der Waals surface area (Å²) in [6, 6.07) is 0.398. The molecule has 3 aliphatic rings. The lowest BCUT2D eigenvalue weighted by Gasteiger charge is -2.45. The Kier molecular flexibility index (Phi) is 7.31. The van der Waals surface area contributed by atoms with Gasteiger partial charge < -0.3 is 10.4 Å². The third-order valence-electron chi connectivity index (χ3n) is 6.27. The smallest absolute Gasteiger partial charge is 0.0696 e. The van der Waals surface area contributed by atoms with Crippen LogP contribution in [0.5, 0.6) is 0 Å². The first kappa shape index (κ1) is 17.6. The van der Waals surface area contributed by atoms with Gasteiger partial charge in [0.15, 0.2) is 0 Å². The Bertz CT molecular complexity index is 269. The largest absolute Gasteiger partial charge is 0.391 e. The molecule has 3 heteroatoms. The zero-order valence-corrected chi connectivity index (χ0v) is 14.3. The van der Waals surface area contributed by atoms with E-state index in [1.165, 1.54) is 64.2 Å². The van der Waals surface area contributed by atoms with Gasteiger partial charge in [-0.3, -0.25) is 0 Å². The summed E-state index contributed by atoms with van der Waals surface area (Å²) in [5.41, 5.74) is 0. The summed E-state index contributed by atoms with van der Waals surface area (Å²) in [5, 5.41) is 14.3. The SMILES string of the molecule is Cl.OC1CCCNC1C(C1CCCCC1)C1CCCCC1. The maximum Gasteiger partial charge on any atom is 0.0696 e. The minimum atomic E-state index is -0.0856. The molecule has 1 aliphatic heterocycles. The molecule has 2 N–H and O–H groups in total. The fraction of sp³-hybridized carbons (Fsp3) is 1.00. The molecular formula is C18H34ClNO. The average molecular weight is 316 g/mol. The molecule has 3 rings (SSSR count). The van der Waals surface area contributed by atoms with E-state index in [2.05, 4.69) is 5.32 Å². The second-order valence-electron chi connectivity index (χ2n) is 7.56. The number of hydrogen-bond acceptors (Lipinski definition) is 2. The normalized spacial score (nSPS) is 32.9. The van der Waals surface area contributed by atoms with E-state index < -0.39 is 0 Å². The number of rotatable bonds is 3. The molecule has 0 aromatic heterocycles. The lowest BCUT2D eigenvalue weighted by atomic mass is 9.65. The molecule has 21 heavy (non-hydrogen) atoms. The molecule has 1 heterocycles. The zero-order chi connectivity index (χ0) is 13.8. The highest BCUT2D eigenvalue weighted by atomic mass is 35.5. The number of nitrogens with one attached hydrogen (secondary N) is 1. The van der Waals surface area contributed by atoms with Crippen molar-refractivity contribution in [1.29, 1.82) is 0 Å². The van der Waals surface area contributed by atoms with Gasteiger partial charge in [0.2, 0.25) is 0 Å². The molecule has 2 aliphatic carbocycles. The molecule has 0 aromatic rings. The Balaban J connectivity index is 0.00000161. The summed E-state index contributed by atoms with van der Waals surface area (Å²) in [5.74, 6) is 2.53. The topological polar surface area (TPSA) is 32.3 Å². The first-order chi connectivity index (χ1) is 9.86. The fourth-order valence-electron chi connectivity index (χ4n) is 5.30. The molecule has 2 atom stereocenters. The molecule has 0 amide bonds. The van der Waals surface area contributed by atoms with Crippen LogP contribution in [-0.2, 0) is 0 Å². The Morgan fingerprint density at radius 3 is 1.71 bits per heavy atom. The van der Waals surface area contributed by atoms with E-state index in [0.717, 1.165) is 37.1 Å². The number of halogens is 1. The highest BCUT2D eigenvalue weighted by Gasteiger charge is 2.40. The lowest BCUT2D eigenvalue weighted by molar-refractivity contribution is 0.0107. The average Bonchev–Trinajstić information content (AvgIpc) is 2.52. The van der Waals surface area contributed by atoms with E-state index in [9.17, 15) is 5.11 Å². The van der Waals surface area contributed by atoms with Gasteiger partial charge >= 0.3 is 0 Å². The Labute approximate surface area is 136 Å². The maximum absolute atomic E-state index is 10.5. The second kappa shape index (κ2) is 8.74. The summed E-state index contributed by atoms with van der Waals surface area (Å²) in [6.07, 6.45) is 16.4. The maximum atomic E-state index is 10.5. The molecule has 2 saturated carbocycles. The predicted octanol–water partition coefficient (Wildman–Crippen LogP) is 4.30. The van der Waals surface area contributed by atoms with Crippen molar-refractivity contribution in [3.05, 3.63) is 0 Å². The highest BCUT2D eigenvalue weighted by Crippen LogP contribution is 2.43. The van der Waals surface area contributed by atoms with Crippen molar-refractivity contribution in [3.8, 4) is 0 Å². The second-order valence-corrected chi connectivity index (χ2v) is 7.56.